The van der Waals surface area contributed by atoms with E-state index in [1.54, 1.807) is 6.07 Å². The summed E-state index contributed by atoms with van der Waals surface area (Å²) in [6, 6.07) is 7.27. The van der Waals surface area contributed by atoms with Gasteiger partial charge in [-0.25, -0.2) is 9.78 Å². The third kappa shape index (κ3) is 3.93. The summed E-state index contributed by atoms with van der Waals surface area (Å²) in [6.07, 6.45) is 1.32. The summed E-state index contributed by atoms with van der Waals surface area (Å²) in [5, 5.41) is 21.1. The van der Waals surface area contributed by atoms with Crippen LogP contribution < -0.4 is 5.32 Å². The Hall–Kier alpha value is -2.60. The molecule has 0 aliphatic carbocycles. The van der Waals surface area contributed by atoms with Crippen molar-refractivity contribution in [1.82, 2.24) is 4.98 Å². The standard InChI is InChI=1S/C14H11ClN2O4/c15-10-2-1-8(5-12(10)18)6-13(19)17-9-3-4-16-11(7-9)14(20)21/h1-5,7,18H,6H2,(H,20,21)(H,16,17,19). The highest BCUT2D eigenvalue weighted by atomic mass is 35.5. The number of phenolic OH excluding ortho intramolecular Hbond substituents is 1. The lowest BCUT2D eigenvalue weighted by molar-refractivity contribution is -0.115. The highest BCUT2D eigenvalue weighted by Gasteiger charge is 2.09. The number of phenols is 1. The number of halogens is 1. The molecule has 3 N–H and O–H groups in total. The first-order chi connectivity index (χ1) is 9.95. The normalized spacial score (nSPS) is 10.1. The number of hydrogen-bond donors (Lipinski definition) is 3. The van der Waals surface area contributed by atoms with E-state index >= 15 is 0 Å². The minimum Gasteiger partial charge on any atom is -0.506 e. The number of aromatic nitrogens is 1. The van der Waals surface area contributed by atoms with Crippen molar-refractivity contribution in [3.8, 4) is 5.75 Å². The van der Waals surface area contributed by atoms with Crippen LogP contribution in [-0.4, -0.2) is 27.1 Å². The van der Waals surface area contributed by atoms with Gasteiger partial charge in [-0.1, -0.05) is 17.7 Å². The second kappa shape index (κ2) is 6.23. The van der Waals surface area contributed by atoms with Crippen molar-refractivity contribution in [2.75, 3.05) is 5.32 Å². The third-order valence-corrected chi connectivity index (χ3v) is 2.96. The largest absolute Gasteiger partial charge is 0.506 e. The number of hydrogen-bond acceptors (Lipinski definition) is 4. The van der Waals surface area contributed by atoms with E-state index in [2.05, 4.69) is 10.3 Å². The van der Waals surface area contributed by atoms with Crippen LogP contribution in [-0.2, 0) is 11.2 Å². The van der Waals surface area contributed by atoms with Crippen molar-refractivity contribution in [3.63, 3.8) is 0 Å². The summed E-state index contributed by atoms with van der Waals surface area (Å²) in [5.74, 6) is -1.62. The Morgan fingerprint density at radius 1 is 1.24 bits per heavy atom. The Balaban J connectivity index is 2.06. The number of nitrogens with one attached hydrogen (secondary N) is 1. The molecule has 0 atom stereocenters. The van der Waals surface area contributed by atoms with Crippen molar-refractivity contribution in [3.05, 3.63) is 52.8 Å². The maximum atomic E-state index is 11.9. The average Bonchev–Trinajstić information content (AvgIpc) is 2.43. The van der Waals surface area contributed by atoms with E-state index in [1.165, 1.54) is 30.5 Å². The fraction of sp³-hybridized carbons (Fsp3) is 0.0714. The van der Waals surface area contributed by atoms with Gasteiger partial charge in [-0.2, -0.15) is 0 Å². The molecule has 2 aromatic rings. The van der Waals surface area contributed by atoms with Gasteiger partial charge < -0.3 is 15.5 Å². The predicted molar refractivity (Wildman–Crippen MR) is 76.6 cm³/mol. The van der Waals surface area contributed by atoms with Crippen molar-refractivity contribution >= 4 is 29.2 Å². The van der Waals surface area contributed by atoms with Crippen LogP contribution in [0.4, 0.5) is 5.69 Å². The molecule has 1 amide bonds. The van der Waals surface area contributed by atoms with E-state index in [0.29, 0.717) is 11.3 Å². The number of nitrogens with zero attached hydrogens (tertiary/aromatic N) is 1. The molecule has 1 heterocycles. The Kier molecular flexibility index (Phi) is 4.39. The lowest BCUT2D eigenvalue weighted by Gasteiger charge is -2.06. The highest BCUT2D eigenvalue weighted by molar-refractivity contribution is 6.32. The third-order valence-electron chi connectivity index (χ3n) is 2.64. The molecule has 0 bridgehead atoms. The van der Waals surface area contributed by atoms with Crippen LogP contribution in [0, 0.1) is 0 Å². The number of pyridine rings is 1. The van der Waals surface area contributed by atoms with E-state index in [1.807, 2.05) is 0 Å². The van der Waals surface area contributed by atoms with Crippen molar-refractivity contribution in [1.29, 1.82) is 0 Å². The molecule has 0 unspecified atom stereocenters. The van der Waals surface area contributed by atoms with Crippen LogP contribution in [0.5, 0.6) is 5.75 Å². The number of carbonyl (C=O) groups is 2. The van der Waals surface area contributed by atoms with Gasteiger partial charge in [-0.3, -0.25) is 4.79 Å². The van der Waals surface area contributed by atoms with Crippen LogP contribution in [0.3, 0.4) is 0 Å². The summed E-state index contributed by atoms with van der Waals surface area (Å²) in [4.78, 5) is 26.3. The topological polar surface area (TPSA) is 99.5 Å². The van der Waals surface area contributed by atoms with Crippen LogP contribution in [0.15, 0.2) is 36.5 Å². The summed E-state index contributed by atoms with van der Waals surface area (Å²) in [7, 11) is 0. The van der Waals surface area contributed by atoms with Gasteiger partial charge in [0.05, 0.1) is 11.4 Å². The van der Waals surface area contributed by atoms with Crippen molar-refractivity contribution in [2.24, 2.45) is 0 Å². The molecule has 1 aromatic heterocycles. The van der Waals surface area contributed by atoms with Crippen LogP contribution in [0.1, 0.15) is 16.1 Å². The average molecular weight is 307 g/mol. The fourth-order valence-corrected chi connectivity index (χ4v) is 1.80. The van der Waals surface area contributed by atoms with Gasteiger partial charge >= 0.3 is 5.97 Å². The maximum Gasteiger partial charge on any atom is 0.354 e. The molecule has 0 aliphatic heterocycles. The number of anilines is 1. The number of amides is 1. The van der Waals surface area contributed by atoms with Crippen LogP contribution >= 0.6 is 11.6 Å². The molecule has 108 valence electrons. The molecule has 0 saturated heterocycles. The number of carboxylic acid groups (broad SMARTS) is 1. The zero-order chi connectivity index (χ0) is 15.4. The SMILES string of the molecule is O=C(Cc1ccc(Cl)c(O)c1)Nc1ccnc(C(=O)O)c1. The number of carbonyl (C=O) groups excluding carboxylic acids is 1. The highest BCUT2D eigenvalue weighted by Crippen LogP contribution is 2.24. The lowest BCUT2D eigenvalue weighted by Crippen LogP contribution is -2.15. The number of rotatable bonds is 4. The molecule has 21 heavy (non-hydrogen) atoms. The lowest BCUT2D eigenvalue weighted by atomic mass is 10.1. The summed E-state index contributed by atoms with van der Waals surface area (Å²) in [5.41, 5.74) is 0.768. The number of aromatic carboxylic acids is 1. The van der Waals surface area contributed by atoms with E-state index in [-0.39, 0.29) is 28.8 Å². The molecule has 0 saturated carbocycles. The second-order valence-electron chi connectivity index (χ2n) is 4.25. The summed E-state index contributed by atoms with van der Waals surface area (Å²) in [6.45, 7) is 0. The monoisotopic (exact) mass is 306 g/mol. The van der Waals surface area contributed by atoms with E-state index in [0.717, 1.165) is 0 Å². The van der Waals surface area contributed by atoms with Crippen molar-refractivity contribution in [2.45, 2.75) is 6.42 Å². The Morgan fingerprint density at radius 2 is 2.00 bits per heavy atom. The Bertz CT molecular complexity index is 703. The minimum atomic E-state index is -1.17. The smallest absolute Gasteiger partial charge is 0.354 e. The molecule has 7 heteroatoms. The van der Waals surface area contributed by atoms with Gasteiger partial charge in [-0.05, 0) is 29.8 Å². The Morgan fingerprint density at radius 3 is 2.67 bits per heavy atom. The fourth-order valence-electron chi connectivity index (χ4n) is 1.68. The van der Waals surface area contributed by atoms with Gasteiger partial charge in [0.25, 0.3) is 0 Å². The van der Waals surface area contributed by atoms with Gasteiger partial charge in [0.2, 0.25) is 5.91 Å². The van der Waals surface area contributed by atoms with Crippen LogP contribution in [0.25, 0.3) is 0 Å². The Labute approximate surface area is 125 Å². The molecule has 0 fully saturated rings. The molecular weight excluding hydrogens is 296 g/mol. The quantitative estimate of drug-likeness (QED) is 0.805. The number of aromatic hydroxyl groups is 1. The van der Waals surface area contributed by atoms with Gasteiger partial charge in [0.1, 0.15) is 11.4 Å². The minimum absolute atomic E-state index is 0.0233. The number of benzene rings is 1. The molecule has 0 radical (unpaired) electrons. The van der Waals surface area contributed by atoms with Crippen molar-refractivity contribution < 1.29 is 19.8 Å². The number of carboxylic acids is 1. The molecule has 2 rings (SSSR count). The summed E-state index contributed by atoms with van der Waals surface area (Å²) < 4.78 is 0. The molecular formula is C14H11ClN2O4. The first-order valence-electron chi connectivity index (χ1n) is 5.92. The van der Waals surface area contributed by atoms with E-state index < -0.39 is 5.97 Å². The zero-order valence-electron chi connectivity index (χ0n) is 10.7. The molecule has 1 aromatic carbocycles. The first kappa shape index (κ1) is 14.8. The molecule has 0 aliphatic rings. The maximum absolute atomic E-state index is 11.9. The zero-order valence-corrected chi connectivity index (χ0v) is 11.5. The van der Waals surface area contributed by atoms with Crippen LogP contribution in [0.2, 0.25) is 5.02 Å². The first-order valence-corrected chi connectivity index (χ1v) is 6.30. The van der Waals surface area contributed by atoms with Gasteiger partial charge in [0.15, 0.2) is 0 Å². The van der Waals surface area contributed by atoms with Gasteiger partial charge in [0, 0.05) is 11.9 Å². The second-order valence-corrected chi connectivity index (χ2v) is 4.65. The molecule has 6 nitrogen and oxygen atoms in total. The van der Waals surface area contributed by atoms with E-state index in [4.69, 9.17) is 16.7 Å². The molecule has 0 spiro atoms. The predicted octanol–water partition coefficient (Wildman–Crippen LogP) is 2.32. The summed E-state index contributed by atoms with van der Waals surface area (Å²) >= 11 is 5.68. The van der Waals surface area contributed by atoms with E-state index in [9.17, 15) is 14.7 Å². The van der Waals surface area contributed by atoms with Gasteiger partial charge in [-0.15, -0.1) is 0 Å².